The Morgan fingerprint density at radius 3 is 2.61 bits per heavy atom. The number of carbonyl (C=O) groups excluding carboxylic acids is 1. The Hall–Kier alpha value is -1.41. The average Bonchev–Trinajstić information content (AvgIpc) is 2.41. The molecule has 2 aromatic carbocycles. The maximum absolute atomic E-state index is 12.2. The molecule has 18 heavy (non-hydrogen) atoms. The lowest BCUT2D eigenvalue weighted by Crippen LogP contribution is -2.04. The second-order valence-corrected chi connectivity index (χ2v) is 5.10. The highest BCUT2D eigenvalue weighted by Gasteiger charge is 2.09. The van der Waals surface area contributed by atoms with Crippen molar-refractivity contribution in [1.82, 2.24) is 0 Å². The first-order chi connectivity index (χ1) is 8.70. The summed E-state index contributed by atoms with van der Waals surface area (Å²) in [6, 6.07) is 15.7. The molecule has 0 saturated heterocycles. The van der Waals surface area contributed by atoms with E-state index in [1.54, 1.807) is 0 Å². The summed E-state index contributed by atoms with van der Waals surface area (Å²) in [4.78, 5) is 12.2. The van der Waals surface area contributed by atoms with Crippen molar-refractivity contribution in [3.05, 3.63) is 69.7 Å². The summed E-state index contributed by atoms with van der Waals surface area (Å²) in [5, 5.41) is 0. The summed E-state index contributed by atoms with van der Waals surface area (Å²) in [6.07, 6.45) is 1.39. The van der Waals surface area contributed by atoms with E-state index in [1.165, 1.54) is 5.56 Å². The SMILES string of the molecule is CCc1cccc(C(=O)Cc2ccccc2Br)c1. The van der Waals surface area contributed by atoms with E-state index in [2.05, 4.69) is 28.9 Å². The molecule has 0 aromatic heterocycles. The van der Waals surface area contributed by atoms with Crippen molar-refractivity contribution >= 4 is 21.7 Å². The second-order valence-electron chi connectivity index (χ2n) is 4.25. The molecule has 0 aliphatic rings. The Balaban J connectivity index is 2.19. The topological polar surface area (TPSA) is 17.1 Å². The van der Waals surface area contributed by atoms with Crippen molar-refractivity contribution in [3.8, 4) is 0 Å². The third-order valence-corrected chi connectivity index (χ3v) is 3.74. The van der Waals surface area contributed by atoms with Crippen LogP contribution in [0.2, 0.25) is 0 Å². The van der Waals surface area contributed by atoms with Crippen LogP contribution in [0.15, 0.2) is 53.0 Å². The van der Waals surface area contributed by atoms with Gasteiger partial charge in [0.25, 0.3) is 0 Å². The molecule has 0 saturated carbocycles. The van der Waals surface area contributed by atoms with Gasteiger partial charge in [-0.2, -0.15) is 0 Å². The number of rotatable bonds is 4. The smallest absolute Gasteiger partial charge is 0.167 e. The highest BCUT2D eigenvalue weighted by atomic mass is 79.9. The van der Waals surface area contributed by atoms with Gasteiger partial charge in [0.05, 0.1) is 0 Å². The van der Waals surface area contributed by atoms with Crippen LogP contribution in [-0.2, 0) is 12.8 Å². The van der Waals surface area contributed by atoms with Crippen LogP contribution in [0.3, 0.4) is 0 Å². The number of Topliss-reactive ketones (excluding diaryl/α,β-unsaturated/α-hetero) is 1. The fraction of sp³-hybridized carbons (Fsp3) is 0.188. The summed E-state index contributed by atoms with van der Waals surface area (Å²) < 4.78 is 0.991. The summed E-state index contributed by atoms with van der Waals surface area (Å²) in [5.41, 5.74) is 3.03. The number of hydrogen-bond acceptors (Lipinski definition) is 1. The predicted octanol–water partition coefficient (Wildman–Crippen LogP) is 4.44. The molecule has 2 aromatic rings. The van der Waals surface area contributed by atoms with Gasteiger partial charge >= 0.3 is 0 Å². The van der Waals surface area contributed by atoms with Gasteiger partial charge in [0.2, 0.25) is 0 Å². The van der Waals surface area contributed by atoms with Crippen LogP contribution < -0.4 is 0 Å². The normalized spacial score (nSPS) is 10.3. The minimum atomic E-state index is 0.164. The van der Waals surface area contributed by atoms with Crippen LogP contribution in [0.1, 0.15) is 28.4 Å². The van der Waals surface area contributed by atoms with Gasteiger partial charge < -0.3 is 0 Å². The molecular formula is C16H15BrO. The van der Waals surface area contributed by atoms with Crippen LogP contribution in [0.4, 0.5) is 0 Å². The summed E-state index contributed by atoms with van der Waals surface area (Å²) in [5.74, 6) is 0.164. The molecule has 0 aliphatic carbocycles. The molecule has 1 nitrogen and oxygen atoms in total. The first-order valence-corrected chi connectivity index (χ1v) is 6.85. The van der Waals surface area contributed by atoms with Crippen LogP contribution in [0.5, 0.6) is 0 Å². The number of benzene rings is 2. The van der Waals surface area contributed by atoms with E-state index in [9.17, 15) is 4.79 Å². The third-order valence-electron chi connectivity index (χ3n) is 2.97. The maximum atomic E-state index is 12.2. The lowest BCUT2D eigenvalue weighted by Gasteiger charge is -2.05. The molecule has 0 unspecified atom stereocenters. The molecule has 0 N–H and O–H groups in total. The predicted molar refractivity (Wildman–Crippen MR) is 78.0 cm³/mol. The van der Waals surface area contributed by atoms with E-state index < -0.39 is 0 Å². The number of ketones is 1. The fourth-order valence-corrected chi connectivity index (χ4v) is 2.31. The Morgan fingerprint density at radius 1 is 1.11 bits per heavy atom. The van der Waals surface area contributed by atoms with Gasteiger partial charge in [-0.05, 0) is 29.7 Å². The van der Waals surface area contributed by atoms with Gasteiger partial charge in [-0.3, -0.25) is 4.79 Å². The number of hydrogen-bond donors (Lipinski definition) is 0. The minimum absolute atomic E-state index is 0.164. The van der Waals surface area contributed by atoms with Crippen LogP contribution in [0.25, 0.3) is 0 Å². The number of halogens is 1. The van der Waals surface area contributed by atoms with Crippen LogP contribution in [0, 0.1) is 0 Å². The molecule has 0 atom stereocenters. The summed E-state index contributed by atoms with van der Waals surface area (Å²) in [6.45, 7) is 2.09. The van der Waals surface area contributed by atoms with Crippen molar-refractivity contribution in [2.45, 2.75) is 19.8 Å². The molecule has 0 radical (unpaired) electrons. The zero-order valence-corrected chi connectivity index (χ0v) is 11.9. The Bertz CT molecular complexity index is 561. The van der Waals surface area contributed by atoms with Crippen molar-refractivity contribution in [1.29, 1.82) is 0 Å². The van der Waals surface area contributed by atoms with Crippen molar-refractivity contribution in [2.75, 3.05) is 0 Å². The van der Waals surface area contributed by atoms with E-state index in [1.807, 2.05) is 42.5 Å². The standard InChI is InChI=1S/C16H15BrO/c1-2-12-6-5-8-14(10-12)16(18)11-13-7-3-4-9-15(13)17/h3-10H,2,11H2,1H3. The zero-order chi connectivity index (χ0) is 13.0. The van der Waals surface area contributed by atoms with Crippen molar-refractivity contribution in [3.63, 3.8) is 0 Å². The van der Waals surface area contributed by atoms with E-state index in [4.69, 9.17) is 0 Å². The second kappa shape index (κ2) is 5.96. The van der Waals surface area contributed by atoms with E-state index in [0.717, 1.165) is 22.0 Å². The monoisotopic (exact) mass is 302 g/mol. The summed E-state index contributed by atoms with van der Waals surface area (Å²) >= 11 is 3.47. The van der Waals surface area contributed by atoms with E-state index >= 15 is 0 Å². The molecule has 0 amide bonds. The van der Waals surface area contributed by atoms with Crippen molar-refractivity contribution in [2.24, 2.45) is 0 Å². The lowest BCUT2D eigenvalue weighted by molar-refractivity contribution is 0.0992. The third kappa shape index (κ3) is 3.08. The quantitative estimate of drug-likeness (QED) is 0.763. The van der Waals surface area contributed by atoms with Gasteiger partial charge in [-0.1, -0.05) is 59.3 Å². The van der Waals surface area contributed by atoms with Gasteiger partial charge in [0, 0.05) is 16.5 Å². The molecule has 2 heteroatoms. The molecule has 0 spiro atoms. The van der Waals surface area contributed by atoms with Crippen LogP contribution in [-0.4, -0.2) is 5.78 Å². The van der Waals surface area contributed by atoms with Gasteiger partial charge in [0.1, 0.15) is 0 Å². The Labute approximate surface area is 116 Å². The molecule has 0 bridgehead atoms. The largest absolute Gasteiger partial charge is 0.294 e. The van der Waals surface area contributed by atoms with Gasteiger partial charge in [-0.25, -0.2) is 0 Å². The fourth-order valence-electron chi connectivity index (χ4n) is 1.88. The molecule has 92 valence electrons. The first kappa shape index (κ1) is 13.0. The van der Waals surface area contributed by atoms with Gasteiger partial charge in [0.15, 0.2) is 5.78 Å². The average molecular weight is 303 g/mol. The van der Waals surface area contributed by atoms with Gasteiger partial charge in [-0.15, -0.1) is 0 Å². The van der Waals surface area contributed by atoms with E-state index in [-0.39, 0.29) is 5.78 Å². The Kier molecular flexibility index (Phi) is 4.32. The maximum Gasteiger partial charge on any atom is 0.167 e. The summed E-state index contributed by atoms with van der Waals surface area (Å²) in [7, 11) is 0. The minimum Gasteiger partial charge on any atom is -0.294 e. The number of carbonyl (C=O) groups is 1. The number of aryl methyl sites for hydroxylation is 1. The Morgan fingerprint density at radius 2 is 1.89 bits per heavy atom. The van der Waals surface area contributed by atoms with Crippen LogP contribution >= 0.6 is 15.9 Å². The highest BCUT2D eigenvalue weighted by Crippen LogP contribution is 2.18. The lowest BCUT2D eigenvalue weighted by atomic mass is 10.0. The molecular weight excluding hydrogens is 288 g/mol. The van der Waals surface area contributed by atoms with Crippen molar-refractivity contribution < 1.29 is 4.79 Å². The van der Waals surface area contributed by atoms with E-state index in [0.29, 0.717) is 6.42 Å². The molecule has 0 aliphatic heterocycles. The molecule has 0 fully saturated rings. The zero-order valence-electron chi connectivity index (χ0n) is 10.3. The molecule has 0 heterocycles. The first-order valence-electron chi connectivity index (χ1n) is 6.06. The molecule has 2 rings (SSSR count). The highest BCUT2D eigenvalue weighted by molar-refractivity contribution is 9.10.